The van der Waals surface area contributed by atoms with E-state index in [1.807, 2.05) is 48.5 Å². The van der Waals surface area contributed by atoms with Crippen LogP contribution < -0.4 is 15.4 Å². The molecule has 0 aliphatic heterocycles. The van der Waals surface area contributed by atoms with Gasteiger partial charge in [-0.3, -0.25) is 0 Å². The highest BCUT2D eigenvalue weighted by molar-refractivity contribution is 5.64. The molecule has 0 fully saturated rings. The molecule has 2 N–H and O–H groups in total. The van der Waals surface area contributed by atoms with Crippen LogP contribution in [0.15, 0.2) is 60.7 Å². The Labute approximate surface area is 154 Å². The van der Waals surface area contributed by atoms with Gasteiger partial charge in [0.1, 0.15) is 11.6 Å². The maximum absolute atomic E-state index is 5.42. The molecule has 134 valence electrons. The number of aromatic nitrogens is 2. The third-order valence-corrected chi connectivity index (χ3v) is 3.98. The lowest BCUT2D eigenvalue weighted by atomic mass is 10.1. The molecular weight excluding hydrogens is 324 g/mol. The van der Waals surface area contributed by atoms with Gasteiger partial charge in [0, 0.05) is 30.3 Å². The van der Waals surface area contributed by atoms with Crippen molar-refractivity contribution in [2.45, 2.75) is 19.9 Å². The lowest BCUT2D eigenvalue weighted by Gasteiger charge is -2.13. The molecular formula is C21H24N4O. The number of anilines is 2. The molecule has 0 aliphatic rings. The van der Waals surface area contributed by atoms with Crippen LogP contribution in [0.5, 0.6) is 5.75 Å². The van der Waals surface area contributed by atoms with Gasteiger partial charge < -0.3 is 15.4 Å². The number of para-hydroxylation sites is 1. The van der Waals surface area contributed by atoms with Crippen LogP contribution in [0, 0.1) is 0 Å². The van der Waals surface area contributed by atoms with E-state index in [1.54, 1.807) is 7.11 Å². The van der Waals surface area contributed by atoms with Gasteiger partial charge in [0.05, 0.1) is 12.8 Å². The summed E-state index contributed by atoms with van der Waals surface area (Å²) in [5, 5.41) is 6.67. The Morgan fingerprint density at radius 2 is 1.69 bits per heavy atom. The lowest BCUT2D eigenvalue weighted by molar-refractivity contribution is 0.410. The summed E-state index contributed by atoms with van der Waals surface area (Å²) in [6.07, 6.45) is 1.02. The Kier molecular flexibility index (Phi) is 6.04. The third-order valence-electron chi connectivity index (χ3n) is 3.98. The van der Waals surface area contributed by atoms with Crippen molar-refractivity contribution in [2.75, 3.05) is 24.3 Å². The van der Waals surface area contributed by atoms with Gasteiger partial charge in [-0.15, -0.1) is 0 Å². The van der Waals surface area contributed by atoms with E-state index in [2.05, 4.69) is 39.7 Å². The first kappa shape index (κ1) is 17.7. The second kappa shape index (κ2) is 8.85. The standard InChI is InChI=1S/C21H24N4O/c1-3-13-22-21-24-18(16-9-5-4-6-10-16)14-20(25-21)23-15-17-11-7-8-12-19(17)26-2/h4-12,14H,3,13,15H2,1-2H3,(H2,22,23,24,25). The SMILES string of the molecule is CCCNc1nc(NCc2ccccc2OC)cc(-c2ccccc2)n1. The molecule has 1 heterocycles. The molecule has 26 heavy (non-hydrogen) atoms. The first-order valence-corrected chi connectivity index (χ1v) is 8.84. The zero-order valence-corrected chi connectivity index (χ0v) is 15.2. The zero-order chi connectivity index (χ0) is 18.2. The van der Waals surface area contributed by atoms with E-state index in [0.29, 0.717) is 12.5 Å². The number of benzene rings is 2. The maximum atomic E-state index is 5.42. The number of rotatable bonds is 8. The van der Waals surface area contributed by atoms with Crippen molar-refractivity contribution in [3.8, 4) is 17.0 Å². The highest BCUT2D eigenvalue weighted by Gasteiger charge is 2.08. The van der Waals surface area contributed by atoms with Crippen molar-refractivity contribution >= 4 is 11.8 Å². The van der Waals surface area contributed by atoms with Gasteiger partial charge in [-0.25, -0.2) is 4.98 Å². The molecule has 0 bridgehead atoms. The van der Waals surface area contributed by atoms with Gasteiger partial charge in [0.25, 0.3) is 0 Å². The van der Waals surface area contributed by atoms with Crippen LogP contribution in [0.4, 0.5) is 11.8 Å². The molecule has 5 heteroatoms. The molecule has 5 nitrogen and oxygen atoms in total. The van der Waals surface area contributed by atoms with Crippen molar-refractivity contribution in [3.63, 3.8) is 0 Å². The highest BCUT2D eigenvalue weighted by atomic mass is 16.5. The smallest absolute Gasteiger partial charge is 0.225 e. The first-order valence-electron chi connectivity index (χ1n) is 8.84. The van der Waals surface area contributed by atoms with Crippen LogP contribution in [0.3, 0.4) is 0 Å². The number of nitrogens with one attached hydrogen (secondary N) is 2. The normalized spacial score (nSPS) is 10.4. The van der Waals surface area contributed by atoms with E-state index in [4.69, 9.17) is 4.74 Å². The van der Waals surface area contributed by atoms with Crippen molar-refractivity contribution in [1.82, 2.24) is 9.97 Å². The van der Waals surface area contributed by atoms with Crippen molar-refractivity contribution in [1.29, 1.82) is 0 Å². The minimum Gasteiger partial charge on any atom is -0.496 e. The third kappa shape index (κ3) is 4.51. The minimum absolute atomic E-state index is 0.627. The Bertz CT molecular complexity index is 836. The predicted octanol–water partition coefficient (Wildman–Crippen LogP) is 4.59. The fraction of sp³-hybridized carbons (Fsp3) is 0.238. The van der Waals surface area contributed by atoms with Crippen LogP contribution in [0.2, 0.25) is 0 Å². The number of nitrogens with zero attached hydrogens (tertiary/aromatic N) is 2. The van der Waals surface area contributed by atoms with Crippen molar-refractivity contribution in [2.24, 2.45) is 0 Å². The average molecular weight is 348 g/mol. The first-order chi connectivity index (χ1) is 12.8. The zero-order valence-electron chi connectivity index (χ0n) is 15.2. The molecule has 0 spiro atoms. The quantitative estimate of drug-likeness (QED) is 0.624. The second-order valence-corrected chi connectivity index (χ2v) is 5.92. The average Bonchev–Trinajstić information content (AvgIpc) is 2.71. The van der Waals surface area contributed by atoms with Crippen molar-refractivity contribution < 1.29 is 4.74 Å². The lowest BCUT2D eigenvalue weighted by Crippen LogP contribution is -2.09. The largest absolute Gasteiger partial charge is 0.496 e. The molecule has 0 atom stereocenters. The Balaban J connectivity index is 1.85. The highest BCUT2D eigenvalue weighted by Crippen LogP contribution is 2.23. The number of ether oxygens (including phenoxy) is 1. The maximum Gasteiger partial charge on any atom is 0.225 e. The van der Waals surface area contributed by atoms with Gasteiger partial charge in [0.2, 0.25) is 5.95 Å². The molecule has 3 rings (SSSR count). The van der Waals surface area contributed by atoms with Gasteiger partial charge in [-0.2, -0.15) is 4.98 Å². The summed E-state index contributed by atoms with van der Waals surface area (Å²) in [7, 11) is 1.68. The summed E-state index contributed by atoms with van der Waals surface area (Å²) in [6, 6.07) is 20.1. The summed E-state index contributed by atoms with van der Waals surface area (Å²) in [6.45, 7) is 3.58. The molecule has 0 aliphatic carbocycles. The monoisotopic (exact) mass is 348 g/mol. The van der Waals surface area contributed by atoms with E-state index in [1.165, 1.54) is 0 Å². The predicted molar refractivity (Wildman–Crippen MR) is 107 cm³/mol. The van der Waals surface area contributed by atoms with Gasteiger partial charge in [-0.05, 0) is 12.5 Å². The van der Waals surface area contributed by atoms with E-state index in [-0.39, 0.29) is 0 Å². The molecule has 0 radical (unpaired) electrons. The van der Waals surface area contributed by atoms with Crippen LogP contribution in [0.1, 0.15) is 18.9 Å². The van der Waals surface area contributed by atoms with E-state index in [0.717, 1.165) is 41.4 Å². The van der Waals surface area contributed by atoms with Crippen molar-refractivity contribution in [3.05, 3.63) is 66.2 Å². The summed E-state index contributed by atoms with van der Waals surface area (Å²) in [4.78, 5) is 9.24. The molecule has 1 aromatic heterocycles. The van der Waals surface area contributed by atoms with E-state index >= 15 is 0 Å². The summed E-state index contributed by atoms with van der Waals surface area (Å²) in [5.74, 6) is 2.28. The van der Waals surface area contributed by atoms with Gasteiger partial charge >= 0.3 is 0 Å². The number of hydrogen-bond acceptors (Lipinski definition) is 5. The fourth-order valence-corrected chi connectivity index (χ4v) is 2.65. The molecule has 0 saturated carbocycles. The van der Waals surface area contributed by atoms with Gasteiger partial charge in [0.15, 0.2) is 0 Å². The summed E-state index contributed by atoms with van der Waals surface area (Å²) >= 11 is 0. The van der Waals surface area contributed by atoms with E-state index in [9.17, 15) is 0 Å². The Morgan fingerprint density at radius 3 is 2.46 bits per heavy atom. The van der Waals surface area contributed by atoms with Crippen LogP contribution in [-0.2, 0) is 6.54 Å². The molecule has 0 unspecified atom stereocenters. The van der Waals surface area contributed by atoms with E-state index < -0.39 is 0 Å². The fourth-order valence-electron chi connectivity index (χ4n) is 2.65. The topological polar surface area (TPSA) is 59.1 Å². The summed E-state index contributed by atoms with van der Waals surface area (Å²) < 4.78 is 5.42. The molecule has 0 amide bonds. The Hall–Kier alpha value is -3.08. The molecule has 3 aromatic rings. The number of hydrogen-bond donors (Lipinski definition) is 2. The summed E-state index contributed by atoms with van der Waals surface area (Å²) in [5.41, 5.74) is 3.04. The second-order valence-electron chi connectivity index (χ2n) is 5.92. The van der Waals surface area contributed by atoms with Gasteiger partial charge in [-0.1, -0.05) is 55.5 Å². The molecule has 2 aromatic carbocycles. The van der Waals surface area contributed by atoms with Crippen LogP contribution in [-0.4, -0.2) is 23.6 Å². The Morgan fingerprint density at radius 1 is 0.923 bits per heavy atom. The minimum atomic E-state index is 0.627. The molecule has 0 saturated heterocycles. The number of methoxy groups -OCH3 is 1. The van der Waals surface area contributed by atoms with Crippen LogP contribution in [0.25, 0.3) is 11.3 Å². The van der Waals surface area contributed by atoms with Crippen LogP contribution >= 0.6 is 0 Å².